The van der Waals surface area contributed by atoms with Crippen molar-refractivity contribution in [1.82, 2.24) is 79.7 Å². The lowest BCUT2D eigenvalue weighted by molar-refractivity contribution is 0.00491. The maximum absolute atomic E-state index is 13.3. The Kier molecular flexibility index (Phi) is 9.94. The molecule has 4 aliphatic rings. The van der Waals surface area contributed by atoms with Crippen molar-refractivity contribution in [2.75, 3.05) is 47.4 Å². The molecule has 10 rings (SSSR count). The van der Waals surface area contributed by atoms with E-state index >= 15 is 0 Å². The minimum absolute atomic E-state index is 0.147. The van der Waals surface area contributed by atoms with Crippen LogP contribution in [0, 0.1) is 0 Å². The third-order valence-corrected chi connectivity index (χ3v) is 12.5. The van der Waals surface area contributed by atoms with Gasteiger partial charge in [-0.2, -0.15) is 49.9 Å². The quantitative estimate of drug-likeness (QED) is 0.0633. The van der Waals surface area contributed by atoms with E-state index in [1.807, 2.05) is 9.80 Å². The molecule has 8 heterocycles. The number of nitrogens with zero attached hydrogens (tertiary/aromatic N) is 16. The number of nitrogens with two attached hydrogens (primary N) is 2. The number of nitrogens with one attached hydrogen (secondary N) is 2. The van der Waals surface area contributed by atoms with E-state index in [0.717, 1.165) is 0 Å². The molecule has 6 aromatic rings. The Bertz CT molecular complexity index is 2440. The Morgan fingerprint density at radius 3 is 1.47 bits per heavy atom. The molecule has 2 aliphatic heterocycles. The fraction of sp³-hybridized carbons (Fsp3) is 0.571. The molecule has 2 aliphatic carbocycles. The van der Waals surface area contributed by atoms with Gasteiger partial charge in [0.1, 0.15) is 58.9 Å². The molecule has 0 bridgehead atoms. The van der Waals surface area contributed by atoms with Crippen molar-refractivity contribution in [3.63, 3.8) is 0 Å². The van der Waals surface area contributed by atoms with Gasteiger partial charge in [-0.05, 0) is 25.7 Å². The first-order chi connectivity index (χ1) is 30.0. The van der Waals surface area contributed by atoms with Crippen molar-refractivity contribution in [3.8, 4) is 0 Å². The lowest BCUT2D eigenvalue weighted by Gasteiger charge is -2.21. The third kappa shape index (κ3) is 6.81. The van der Waals surface area contributed by atoms with Crippen LogP contribution in [-0.2, 0) is 13.2 Å². The fourth-order valence-electron chi connectivity index (χ4n) is 9.22. The molecule has 0 radical (unpaired) electrons. The number of carbonyl (C=O) groups excluding carboxylic acids is 1. The molecule has 27 nitrogen and oxygen atoms in total. The van der Waals surface area contributed by atoms with Gasteiger partial charge in [-0.25, -0.2) is 14.8 Å². The summed E-state index contributed by atoms with van der Waals surface area (Å²) < 4.78 is 3.35. The van der Waals surface area contributed by atoms with Crippen LogP contribution in [0.1, 0.15) is 61.2 Å². The van der Waals surface area contributed by atoms with E-state index in [1.54, 1.807) is 9.13 Å². The van der Waals surface area contributed by atoms with Crippen molar-refractivity contribution in [1.29, 1.82) is 0 Å². The molecule has 2 amide bonds. The lowest BCUT2D eigenvalue weighted by atomic mass is 10.2. The van der Waals surface area contributed by atoms with Crippen molar-refractivity contribution >= 4 is 51.9 Å². The summed E-state index contributed by atoms with van der Waals surface area (Å²) in [4.78, 5) is 47.1. The molecule has 0 aromatic carbocycles. The molecular formula is C35H46N20O7. The Labute approximate surface area is 350 Å². The fourth-order valence-corrected chi connectivity index (χ4v) is 9.22. The number of imidazole rings is 2. The summed E-state index contributed by atoms with van der Waals surface area (Å²) in [6, 6.07) is -3.37. The minimum Gasteiger partial charge on any atom is -0.390 e. The molecule has 27 heteroatoms. The van der Waals surface area contributed by atoms with E-state index in [9.17, 15) is 35.4 Å². The Balaban J connectivity index is 0.771. The van der Waals surface area contributed by atoms with Crippen LogP contribution in [0.4, 0.5) is 28.3 Å². The molecule has 4 fully saturated rings. The van der Waals surface area contributed by atoms with Gasteiger partial charge >= 0.3 is 6.03 Å². The SMILES string of the molecule is Nc1nc(N2CCC(NC(=O)NC3CCN(c4nc(N)c5ncn([C@H]6CC(n7ncc(CO)n7)[C@H](O)C6O)c5n4)C3)C2)nc2c1ncn2[C@H]1CC(n2ncc(CO)n2)[C@H](O)C1O. The second-order valence-electron chi connectivity index (χ2n) is 16.3. The van der Waals surface area contributed by atoms with Crippen molar-refractivity contribution in [3.05, 3.63) is 36.4 Å². The van der Waals surface area contributed by atoms with Gasteiger partial charge in [-0.3, -0.25) is 0 Å². The summed E-state index contributed by atoms with van der Waals surface area (Å²) in [6.45, 7) is 1.28. The highest BCUT2D eigenvalue weighted by molar-refractivity contribution is 5.84. The number of nitrogen functional groups attached to an aromatic ring is 2. The molecule has 2 saturated heterocycles. The molecular weight excluding hydrogens is 813 g/mol. The summed E-state index contributed by atoms with van der Waals surface area (Å²) in [5.41, 5.74) is 14.9. The monoisotopic (exact) mass is 858 g/mol. The highest BCUT2D eigenvalue weighted by Gasteiger charge is 2.47. The van der Waals surface area contributed by atoms with Crippen LogP contribution >= 0.6 is 0 Å². The molecule has 12 N–H and O–H groups in total. The first-order valence-corrected chi connectivity index (χ1v) is 20.3. The van der Waals surface area contributed by atoms with E-state index < -0.39 is 48.6 Å². The topological polar surface area (TPSA) is 370 Å². The number of carbonyl (C=O) groups is 1. The standard InChI is InChI=1S/C35H46N20O7/c36-29-23-31(52(13-38-23)19-5-21(27(60)25(19)58)54-40-7-17(11-56)48-54)46-33(44-29)50-3-1-15(9-50)42-35(62)43-16-2-4-51(10-16)34-45-30(37)24-32(47-34)53(14-39-24)20-6-22(28(61)26(20)59)55-41-8-18(12-57)49-55/h7-8,13-16,19-22,25-28,56-61H,1-6,9-12H2,(H2,36,44,46)(H2,37,45,47)(H2,42,43,62)/t15?,16?,19-,20-,21?,22?,25?,26?,27-,28-/m0/s1. The first kappa shape index (κ1) is 39.7. The molecule has 0 spiro atoms. The van der Waals surface area contributed by atoms with Gasteiger partial charge < -0.3 is 71.7 Å². The van der Waals surface area contributed by atoms with Gasteiger partial charge in [-0.15, -0.1) is 0 Å². The highest BCUT2D eigenvalue weighted by atomic mass is 16.3. The van der Waals surface area contributed by atoms with Crippen molar-refractivity contribution < 1.29 is 35.4 Å². The van der Waals surface area contributed by atoms with Crippen LogP contribution in [0.5, 0.6) is 0 Å². The minimum atomic E-state index is -1.19. The smallest absolute Gasteiger partial charge is 0.315 e. The van der Waals surface area contributed by atoms with Crippen molar-refractivity contribution in [2.24, 2.45) is 0 Å². The Morgan fingerprint density at radius 2 is 1.06 bits per heavy atom. The van der Waals surface area contributed by atoms with Crippen LogP contribution < -0.4 is 31.9 Å². The largest absolute Gasteiger partial charge is 0.390 e. The lowest BCUT2D eigenvalue weighted by Crippen LogP contribution is -2.48. The van der Waals surface area contributed by atoms with Gasteiger partial charge in [0.05, 0.1) is 50.3 Å². The van der Waals surface area contributed by atoms with Crippen molar-refractivity contribution in [2.45, 2.75) is 99.6 Å². The number of aliphatic hydroxyl groups is 6. The van der Waals surface area contributed by atoms with E-state index in [0.29, 0.717) is 84.6 Å². The zero-order valence-electron chi connectivity index (χ0n) is 33.1. The number of hydrogen-bond donors (Lipinski definition) is 10. The number of urea groups is 1. The van der Waals surface area contributed by atoms with Gasteiger partial charge in [0, 0.05) is 38.3 Å². The normalized spacial score (nSPS) is 28.9. The summed E-state index contributed by atoms with van der Waals surface area (Å²) in [7, 11) is 0. The molecule has 2 saturated carbocycles. The predicted octanol–water partition coefficient (Wildman–Crippen LogP) is -3.73. The average molecular weight is 859 g/mol. The molecule has 10 atom stereocenters. The number of aromatic nitrogens is 14. The van der Waals surface area contributed by atoms with Gasteiger partial charge in [0.2, 0.25) is 11.9 Å². The molecule has 6 aromatic heterocycles. The van der Waals surface area contributed by atoms with Crippen LogP contribution in [0.15, 0.2) is 25.0 Å². The number of amides is 2. The summed E-state index contributed by atoms with van der Waals surface area (Å²) >= 11 is 0. The second-order valence-corrected chi connectivity index (χ2v) is 16.3. The zero-order chi connectivity index (χ0) is 43.0. The third-order valence-electron chi connectivity index (χ3n) is 12.5. The predicted molar refractivity (Wildman–Crippen MR) is 214 cm³/mol. The molecule has 6 unspecified atom stereocenters. The van der Waals surface area contributed by atoms with E-state index in [-0.39, 0.29) is 55.8 Å². The average Bonchev–Trinajstić information content (AvgIpc) is 4.12. The number of rotatable bonds is 10. The van der Waals surface area contributed by atoms with Gasteiger partial charge in [0.25, 0.3) is 0 Å². The summed E-state index contributed by atoms with van der Waals surface area (Å²) in [6.07, 6.45) is 2.81. The van der Waals surface area contributed by atoms with E-state index in [2.05, 4.69) is 51.0 Å². The maximum atomic E-state index is 13.3. The number of fused-ring (bicyclic) bond motifs is 2. The van der Waals surface area contributed by atoms with Crippen LogP contribution in [0.3, 0.4) is 0 Å². The highest BCUT2D eigenvalue weighted by Crippen LogP contribution is 2.41. The molecule has 62 heavy (non-hydrogen) atoms. The van der Waals surface area contributed by atoms with Crippen LogP contribution in [-0.4, -0.2) is 168 Å². The van der Waals surface area contributed by atoms with Crippen LogP contribution in [0.25, 0.3) is 22.3 Å². The Morgan fingerprint density at radius 1 is 0.645 bits per heavy atom. The maximum Gasteiger partial charge on any atom is 0.315 e. The first-order valence-electron chi connectivity index (χ1n) is 20.3. The van der Waals surface area contributed by atoms with E-state index in [4.69, 9.17) is 21.4 Å². The molecule has 328 valence electrons. The Hall–Kier alpha value is -6.39. The number of hydrogen-bond acceptors (Lipinski definition) is 21. The zero-order valence-corrected chi connectivity index (χ0v) is 33.1. The second kappa shape index (κ2) is 15.5. The summed E-state index contributed by atoms with van der Waals surface area (Å²) in [5.74, 6) is 0.963. The number of anilines is 4. The van der Waals surface area contributed by atoms with Crippen LogP contribution in [0.2, 0.25) is 0 Å². The van der Waals surface area contributed by atoms with Gasteiger partial charge in [-0.1, -0.05) is 0 Å². The number of aliphatic hydroxyl groups excluding tert-OH is 6. The van der Waals surface area contributed by atoms with Gasteiger partial charge in [0.15, 0.2) is 22.9 Å². The summed E-state index contributed by atoms with van der Waals surface area (Å²) in [5, 5.41) is 85.7. The van der Waals surface area contributed by atoms with E-state index in [1.165, 1.54) is 34.6 Å².